The summed E-state index contributed by atoms with van der Waals surface area (Å²) in [6.07, 6.45) is 4.52. The lowest BCUT2D eigenvalue weighted by Crippen LogP contribution is -2.52. The summed E-state index contributed by atoms with van der Waals surface area (Å²) in [7, 11) is 0. The Morgan fingerprint density at radius 3 is 2.75 bits per heavy atom. The average molecular weight is 172 g/mol. The molecule has 0 radical (unpaired) electrons. The fourth-order valence-corrected chi connectivity index (χ4v) is 1.21. The van der Waals surface area contributed by atoms with E-state index in [0.717, 1.165) is 25.8 Å². The highest BCUT2D eigenvalue weighted by atomic mass is 16.2. The van der Waals surface area contributed by atoms with Gasteiger partial charge in [-0.2, -0.15) is 5.53 Å². The Bertz CT molecular complexity index is 140. The fraction of sp³-hybridized carbons (Fsp3) is 0.857. The molecule has 1 rings (SSSR count). The summed E-state index contributed by atoms with van der Waals surface area (Å²) in [4.78, 5) is 10.8. The lowest BCUT2D eigenvalue weighted by Gasteiger charge is -2.20. The van der Waals surface area contributed by atoms with Gasteiger partial charge in [0.15, 0.2) is 0 Å². The van der Waals surface area contributed by atoms with Crippen molar-refractivity contribution in [3.8, 4) is 0 Å². The third-order valence-electron chi connectivity index (χ3n) is 1.91. The standard InChI is InChI=1S/C7H16N4O/c8-7(12)11-6-4-2-1-3-5-9-10-11/h9-10H,1-6H2,(H2,8,12). The van der Waals surface area contributed by atoms with Crippen molar-refractivity contribution in [2.45, 2.75) is 25.7 Å². The number of nitrogens with one attached hydrogen (secondary N) is 2. The number of carbonyl (C=O) groups is 1. The van der Waals surface area contributed by atoms with Gasteiger partial charge in [0.2, 0.25) is 0 Å². The second kappa shape index (κ2) is 4.95. The molecule has 70 valence electrons. The summed E-state index contributed by atoms with van der Waals surface area (Å²) in [5, 5.41) is 1.41. The SMILES string of the molecule is NC(=O)N1CCCCCCNN1. The number of primary amides is 1. The van der Waals surface area contributed by atoms with E-state index < -0.39 is 6.03 Å². The first-order chi connectivity index (χ1) is 5.80. The molecule has 0 aliphatic carbocycles. The summed E-state index contributed by atoms with van der Waals surface area (Å²) in [6.45, 7) is 1.56. The molecular formula is C7H16N4O. The van der Waals surface area contributed by atoms with Gasteiger partial charge in [-0.3, -0.25) is 0 Å². The fourth-order valence-electron chi connectivity index (χ4n) is 1.21. The maximum Gasteiger partial charge on any atom is 0.330 e. The van der Waals surface area contributed by atoms with E-state index in [2.05, 4.69) is 11.0 Å². The van der Waals surface area contributed by atoms with Crippen molar-refractivity contribution >= 4 is 6.03 Å². The van der Waals surface area contributed by atoms with Crippen LogP contribution in [0.15, 0.2) is 0 Å². The van der Waals surface area contributed by atoms with Crippen LogP contribution in [-0.2, 0) is 0 Å². The quantitative estimate of drug-likeness (QED) is 0.480. The van der Waals surface area contributed by atoms with Crippen molar-refractivity contribution in [1.29, 1.82) is 0 Å². The zero-order valence-electron chi connectivity index (χ0n) is 7.18. The third kappa shape index (κ3) is 3.06. The van der Waals surface area contributed by atoms with Gasteiger partial charge in [-0.1, -0.05) is 12.8 Å². The minimum atomic E-state index is -0.426. The third-order valence-corrected chi connectivity index (χ3v) is 1.91. The first kappa shape index (κ1) is 9.28. The second-order valence-corrected chi connectivity index (χ2v) is 2.94. The number of hydrogen-bond donors (Lipinski definition) is 3. The van der Waals surface area contributed by atoms with Crippen LogP contribution < -0.4 is 16.7 Å². The smallest absolute Gasteiger partial charge is 0.330 e. The Morgan fingerprint density at radius 1 is 1.25 bits per heavy atom. The van der Waals surface area contributed by atoms with Gasteiger partial charge in [-0.25, -0.2) is 15.2 Å². The molecule has 1 aliphatic heterocycles. The molecule has 0 aromatic rings. The Hall–Kier alpha value is -0.810. The molecule has 12 heavy (non-hydrogen) atoms. The highest BCUT2D eigenvalue weighted by molar-refractivity contribution is 5.71. The number of hydrazine groups is 2. The zero-order valence-corrected chi connectivity index (χ0v) is 7.18. The first-order valence-electron chi connectivity index (χ1n) is 4.36. The van der Waals surface area contributed by atoms with Crippen molar-refractivity contribution in [3.05, 3.63) is 0 Å². The van der Waals surface area contributed by atoms with Crippen molar-refractivity contribution in [2.24, 2.45) is 5.73 Å². The lowest BCUT2D eigenvalue weighted by molar-refractivity contribution is 0.163. The van der Waals surface area contributed by atoms with E-state index in [0.29, 0.717) is 6.54 Å². The molecule has 1 heterocycles. The van der Waals surface area contributed by atoms with E-state index >= 15 is 0 Å². The summed E-state index contributed by atoms with van der Waals surface area (Å²) in [5.41, 5.74) is 10.8. The van der Waals surface area contributed by atoms with Gasteiger partial charge in [0.25, 0.3) is 0 Å². The molecule has 4 N–H and O–H groups in total. The highest BCUT2D eigenvalue weighted by Crippen LogP contribution is 2.01. The van der Waals surface area contributed by atoms with E-state index in [4.69, 9.17) is 5.73 Å². The minimum absolute atomic E-state index is 0.426. The molecule has 0 spiro atoms. The normalized spacial score (nSPS) is 20.8. The van der Waals surface area contributed by atoms with E-state index in [1.54, 1.807) is 0 Å². The van der Waals surface area contributed by atoms with Crippen molar-refractivity contribution in [2.75, 3.05) is 13.1 Å². The Morgan fingerprint density at radius 2 is 2.00 bits per heavy atom. The molecular weight excluding hydrogens is 156 g/mol. The maximum atomic E-state index is 10.8. The lowest BCUT2D eigenvalue weighted by atomic mass is 10.2. The van der Waals surface area contributed by atoms with Crippen LogP contribution in [0.4, 0.5) is 4.79 Å². The number of nitrogens with two attached hydrogens (primary N) is 1. The molecule has 2 amide bonds. The predicted molar refractivity (Wildman–Crippen MR) is 45.9 cm³/mol. The van der Waals surface area contributed by atoms with Crippen LogP contribution >= 0.6 is 0 Å². The molecule has 5 nitrogen and oxygen atoms in total. The van der Waals surface area contributed by atoms with E-state index in [-0.39, 0.29) is 0 Å². The Balaban J connectivity index is 2.33. The van der Waals surface area contributed by atoms with Crippen LogP contribution in [-0.4, -0.2) is 24.1 Å². The molecule has 0 bridgehead atoms. The van der Waals surface area contributed by atoms with Gasteiger partial charge in [0.1, 0.15) is 0 Å². The largest absolute Gasteiger partial charge is 0.350 e. The topological polar surface area (TPSA) is 70.4 Å². The summed E-state index contributed by atoms with van der Waals surface area (Å²) < 4.78 is 0. The summed E-state index contributed by atoms with van der Waals surface area (Å²) in [6, 6.07) is -0.426. The van der Waals surface area contributed by atoms with Crippen LogP contribution in [0.3, 0.4) is 0 Å². The molecule has 5 heteroatoms. The average Bonchev–Trinajstić information content (AvgIpc) is 2.15. The van der Waals surface area contributed by atoms with Gasteiger partial charge in [-0.15, -0.1) is 0 Å². The van der Waals surface area contributed by atoms with E-state index in [9.17, 15) is 4.79 Å². The summed E-state index contributed by atoms with van der Waals surface area (Å²) in [5.74, 6) is 0. The monoisotopic (exact) mass is 172 g/mol. The van der Waals surface area contributed by atoms with Crippen LogP contribution in [0.1, 0.15) is 25.7 Å². The van der Waals surface area contributed by atoms with Gasteiger partial charge in [0.05, 0.1) is 0 Å². The van der Waals surface area contributed by atoms with Crippen LogP contribution in [0.25, 0.3) is 0 Å². The maximum absolute atomic E-state index is 10.8. The van der Waals surface area contributed by atoms with E-state index in [1.165, 1.54) is 11.4 Å². The van der Waals surface area contributed by atoms with Crippen LogP contribution in [0, 0.1) is 0 Å². The van der Waals surface area contributed by atoms with Crippen molar-refractivity contribution in [3.63, 3.8) is 0 Å². The Labute approximate surface area is 72.2 Å². The Kier molecular flexibility index (Phi) is 3.83. The van der Waals surface area contributed by atoms with Crippen LogP contribution in [0.5, 0.6) is 0 Å². The molecule has 1 saturated heterocycles. The highest BCUT2D eigenvalue weighted by Gasteiger charge is 2.08. The molecule has 1 fully saturated rings. The first-order valence-corrected chi connectivity index (χ1v) is 4.36. The minimum Gasteiger partial charge on any atom is -0.350 e. The van der Waals surface area contributed by atoms with Crippen LogP contribution in [0.2, 0.25) is 0 Å². The number of hydrogen-bond acceptors (Lipinski definition) is 3. The van der Waals surface area contributed by atoms with Gasteiger partial charge in [-0.05, 0) is 12.8 Å². The number of rotatable bonds is 0. The number of urea groups is 1. The summed E-state index contributed by atoms with van der Waals surface area (Å²) >= 11 is 0. The van der Waals surface area contributed by atoms with Crippen molar-refractivity contribution < 1.29 is 4.79 Å². The number of nitrogens with zero attached hydrogens (tertiary/aromatic N) is 1. The van der Waals surface area contributed by atoms with Gasteiger partial charge < -0.3 is 5.73 Å². The zero-order chi connectivity index (χ0) is 8.81. The van der Waals surface area contributed by atoms with Crippen molar-refractivity contribution in [1.82, 2.24) is 16.0 Å². The molecule has 0 atom stereocenters. The molecule has 0 unspecified atom stereocenters. The van der Waals surface area contributed by atoms with Gasteiger partial charge >= 0.3 is 6.03 Å². The predicted octanol–water partition coefficient (Wildman–Crippen LogP) is -0.0497. The molecule has 0 saturated carbocycles. The second-order valence-electron chi connectivity index (χ2n) is 2.94. The molecule has 0 aromatic carbocycles. The van der Waals surface area contributed by atoms with E-state index in [1.807, 2.05) is 0 Å². The molecule has 1 aliphatic rings. The number of carbonyl (C=O) groups excluding carboxylic acids is 1. The number of amides is 2. The van der Waals surface area contributed by atoms with Gasteiger partial charge in [0, 0.05) is 13.1 Å². The molecule has 0 aromatic heterocycles.